The van der Waals surface area contributed by atoms with Crippen LogP contribution in [0.2, 0.25) is 5.02 Å². The highest BCUT2D eigenvalue weighted by Crippen LogP contribution is 2.16. The molecule has 0 bridgehead atoms. The van der Waals surface area contributed by atoms with Crippen molar-refractivity contribution in [3.8, 4) is 0 Å². The van der Waals surface area contributed by atoms with Crippen molar-refractivity contribution in [2.75, 3.05) is 18.4 Å². The highest BCUT2D eigenvalue weighted by atomic mass is 35.5. The van der Waals surface area contributed by atoms with Crippen molar-refractivity contribution in [3.63, 3.8) is 0 Å². The van der Waals surface area contributed by atoms with Crippen LogP contribution in [0.5, 0.6) is 0 Å². The van der Waals surface area contributed by atoms with Crippen molar-refractivity contribution >= 4 is 40.0 Å². The summed E-state index contributed by atoms with van der Waals surface area (Å²) in [5.74, 6) is 0.118. The molecule has 7 heteroatoms. The number of rotatable bonds is 8. The van der Waals surface area contributed by atoms with E-state index in [0.717, 1.165) is 16.3 Å². The van der Waals surface area contributed by atoms with Crippen LogP contribution in [-0.4, -0.2) is 29.9 Å². The molecule has 1 heterocycles. The third kappa shape index (κ3) is 5.77. The Bertz CT molecular complexity index is 977. The van der Waals surface area contributed by atoms with E-state index in [1.165, 1.54) is 0 Å². The molecule has 144 valence electrons. The zero-order chi connectivity index (χ0) is 19.8. The standard InChI is InChI=1S/C21H21ClN4O2/c22-18-8-4-3-7-17(18)12-23-14-21(28)24-10-9-20(27)26-19-11-15-5-1-2-6-16(15)13-25-19/h1-8,11,13,23H,9-10,12,14H2,(H,24,28)(H,25,26,27). The molecule has 0 atom stereocenters. The minimum atomic E-state index is -0.202. The molecular formula is C21H21ClN4O2. The monoisotopic (exact) mass is 396 g/mol. The van der Waals surface area contributed by atoms with Crippen LogP contribution in [0.15, 0.2) is 60.8 Å². The number of fused-ring (bicyclic) bond motifs is 1. The molecule has 0 unspecified atom stereocenters. The van der Waals surface area contributed by atoms with Gasteiger partial charge < -0.3 is 16.0 Å². The number of anilines is 1. The first-order chi connectivity index (χ1) is 13.6. The van der Waals surface area contributed by atoms with Crippen LogP contribution < -0.4 is 16.0 Å². The van der Waals surface area contributed by atoms with Gasteiger partial charge >= 0.3 is 0 Å². The smallest absolute Gasteiger partial charge is 0.233 e. The number of amides is 2. The third-order valence-electron chi connectivity index (χ3n) is 4.13. The van der Waals surface area contributed by atoms with Crippen LogP contribution in [0.25, 0.3) is 10.8 Å². The number of nitrogens with one attached hydrogen (secondary N) is 3. The molecule has 1 aromatic heterocycles. The van der Waals surface area contributed by atoms with Gasteiger partial charge in [-0.2, -0.15) is 0 Å². The lowest BCUT2D eigenvalue weighted by molar-refractivity contribution is -0.120. The molecule has 3 aromatic rings. The lowest BCUT2D eigenvalue weighted by Crippen LogP contribution is -2.35. The van der Waals surface area contributed by atoms with Gasteiger partial charge in [0, 0.05) is 36.1 Å². The van der Waals surface area contributed by atoms with Gasteiger partial charge in [-0.1, -0.05) is 54.1 Å². The van der Waals surface area contributed by atoms with E-state index in [1.807, 2.05) is 54.6 Å². The van der Waals surface area contributed by atoms with Crippen LogP contribution in [0.3, 0.4) is 0 Å². The van der Waals surface area contributed by atoms with Crippen molar-refractivity contribution in [1.82, 2.24) is 15.6 Å². The summed E-state index contributed by atoms with van der Waals surface area (Å²) < 4.78 is 0. The van der Waals surface area contributed by atoms with Crippen molar-refractivity contribution in [3.05, 3.63) is 71.4 Å². The molecule has 0 aliphatic rings. The van der Waals surface area contributed by atoms with Crippen LogP contribution in [0.4, 0.5) is 5.82 Å². The Kier molecular flexibility index (Phi) is 6.94. The second kappa shape index (κ2) is 9.82. The van der Waals surface area contributed by atoms with E-state index in [1.54, 1.807) is 6.20 Å². The first-order valence-electron chi connectivity index (χ1n) is 8.97. The van der Waals surface area contributed by atoms with E-state index in [4.69, 9.17) is 11.6 Å². The summed E-state index contributed by atoms with van der Waals surface area (Å²) in [6.07, 6.45) is 1.89. The summed E-state index contributed by atoms with van der Waals surface area (Å²) in [5, 5.41) is 11.2. The SMILES string of the molecule is O=C(CNCc1ccccc1Cl)NCCC(=O)Nc1cc2ccccc2cn1. The van der Waals surface area contributed by atoms with E-state index in [0.29, 0.717) is 17.4 Å². The van der Waals surface area contributed by atoms with Crippen molar-refractivity contribution in [2.45, 2.75) is 13.0 Å². The molecule has 0 saturated carbocycles. The van der Waals surface area contributed by atoms with Gasteiger partial charge in [0.1, 0.15) is 5.82 Å². The predicted octanol–water partition coefficient (Wildman–Crippen LogP) is 3.12. The van der Waals surface area contributed by atoms with Crippen LogP contribution in [-0.2, 0) is 16.1 Å². The fourth-order valence-electron chi connectivity index (χ4n) is 2.69. The maximum absolute atomic E-state index is 12.0. The minimum Gasteiger partial charge on any atom is -0.354 e. The minimum absolute atomic E-state index is 0.152. The Morgan fingerprint density at radius 3 is 2.54 bits per heavy atom. The second-order valence-corrected chi connectivity index (χ2v) is 6.67. The summed E-state index contributed by atoms with van der Waals surface area (Å²) in [6, 6.07) is 17.1. The van der Waals surface area contributed by atoms with Gasteiger partial charge in [-0.05, 0) is 23.1 Å². The van der Waals surface area contributed by atoms with Crippen LogP contribution >= 0.6 is 11.6 Å². The first-order valence-corrected chi connectivity index (χ1v) is 9.35. The lowest BCUT2D eigenvalue weighted by Gasteiger charge is -2.08. The number of pyridine rings is 1. The molecule has 2 amide bonds. The maximum atomic E-state index is 12.0. The average molecular weight is 397 g/mol. The highest BCUT2D eigenvalue weighted by molar-refractivity contribution is 6.31. The van der Waals surface area contributed by atoms with E-state index < -0.39 is 0 Å². The number of halogens is 1. The number of hydrogen-bond acceptors (Lipinski definition) is 4. The Morgan fingerprint density at radius 2 is 1.71 bits per heavy atom. The van der Waals surface area contributed by atoms with Crippen molar-refractivity contribution < 1.29 is 9.59 Å². The van der Waals surface area contributed by atoms with Gasteiger partial charge in [0.05, 0.1) is 6.54 Å². The normalized spacial score (nSPS) is 10.6. The van der Waals surface area contributed by atoms with Gasteiger partial charge in [-0.3, -0.25) is 9.59 Å². The summed E-state index contributed by atoms with van der Waals surface area (Å²) in [7, 11) is 0. The molecule has 3 rings (SSSR count). The number of benzene rings is 2. The molecule has 0 radical (unpaired) electrons. The number of carbonyl (C=O) groups excluding carboxylic acids is 2. The lowest BCUT2D eigenvalue weighted by atomic mass is 10.2. The van der Waals surface area contributed by atoms with Gasteiger partial charge in [0.15, 0.2) is 0 Å². The Balaban J connectivity index is 1.36. The molecule has 0 fully saturated rings. The van der Waals surface area contributed by atoms with E-state index >= 15 is 0 Å². The third-order valence-corrected chi connectivity index (χ3v) is 4.50. The van der Waals surface area contributed by atoms with Crippen LogP contribution in [0, 0.1) is 0 Å². The first kappa shape index (κ1) is 19.8. The van der Waals surface area contributed by atoms with Gasteiger partial charge in [-0.15, -0.1) is 0 Å². The predicted molar refractivity (Wildman–Crippen MR) is 111 cm³/mol. The largest absolute Gasteiger partial charge is 0.354 e. The van der Waals surface area contributed by atoms with Crippen LogP contribution in [0.1, 0.15) is 12.0 Å². The molecule has 28 heavy (non-hydrogen) atoms. The molecule has 0 spiro atoms. The Hall–Kier alpha value is -2.96. The molecular weight excluding hydrogens is 376 g/mol. The summed E-state index contributed by atoms with van der Waals surface area (Å²) >= 11 is 6.07. The fourth-order valence-corrected chi connectivity index (χ4v) is 2.89. The second-order valence-electron chi connectivity index (χ2n) is 6.26. The molecule has 3 N–H and O–H groups in total. The van der Waals surface area contributed by atoms with Gasteiger partial charge in [0.2, 0.25) is 11.8 Å². The number of carbonyl (C=O) groups is 2. The molecule has 0 saturated heterocycles. The van der Waals surface area contributed by atoms with Gasteiger partial charge in [0.25, 0.3) is 0 Å². The number of aromatic nitrogens is 1. The maximum Gasteiger partial charge on any atom is 0.233 e. The van der Waals surface area contributed by atoms with Gasteiger partial charge in [-0.25, -0.2) is 4.98 Å². The van der Waals surface area contributed by atoms with Crippen molar-refractivity contribution in [1.29, 1.82) is 0 Å². The molecule has 0 aliphatic carbocycles. The quantitative estimate of drug-likeness (QED) is 0.546. The molecule has 2 aromatic carbocycles. The summed E-state index contributed by atoms with van der Waals surface area (Å²) in [6.45, 7) is 0.909. The zero-order valence-corrected chi connectivity index (χ0v) is 16.0. The summed E-state index contributed by atoms with van der Waals surface area (Å²) in [5.41, 5.74) is 0.930. The molecule has 0 aliphatic heterocycles. The van der Waals surface area contributed by atoms with E-state index in [2.05, 4.69) is 20.9 Å². The summed E-state index contributed by atoms with van der Waals surface area (Å²) in [4.78, 5) is 28.1. The topological polar surface area (TPSA) is 83.1 Å². The molecule has 6 nitrogen and oxygen atoms in total. The van der Waals surface area contributed by atoms with Crippen molar-refractivity contribution in [2.24, 2.45) is 0 Å². The fraction of sp³-hybridized carbons (Fsp3) is 0.190. The number of hydrogen-bond donors (Lipinski definition) is 3. The zero-order valence-electron chi connectivity index (χ0n) is 15.2. The number of nitrogens with zero attached hydrogens (tertiary/aromatic N) is 1. The highest BCUT2D eigenvalue weighted by Gasteiger charge is 2.06. The Labute approximate surface area is 168 Å². The average Bonchev–Trinajstić information content (AvgIpc) is 2.69. The van der Waals surface area contributed by atoms with E-state index in [9.17, 15) is 9.59 Å². The Morgan fingerprint density at radius 1 is 0.964 bits per heavy atom. The van der Waals surface area contributed by atoms with E-state index in [-0.39, 0.29) is 31.3 Å².